The Hall–Kier alpha value is -1.26. The van der Waals surface area contributed by atoms with Crippen molar-refractivity contribution in [1.29, 1.82) is 0 Å². The lowest BCUT2D eigenvalue weighted by Crippen LogP contribution is -2.47. The Kier molecular flexibility index (Phi) is 4.09. The molecular formula is C17H25NO3. The first-order valence-electron chi connectivity index (χ1n) is 7.77. The van der Waals surface area contributed by atoms with E-state index in [2.05, 4.69) is 11.4 Å². The number of rotatable bonds is 3. The first-order chi connectivity index (χ1) is 10.2. The third kappa shape index (κ3) is 2.74. The van der Waals surface area contributed by atoms with Crippen molar-refractivity contribution >= 4 is 0 Å². The fraction of sp³-hybridized carbons (Fsp3) is 0.647. The molecule has 0 saturated heterocycles. The summed E-state index contributed by atoms with van der Waals surface area (Å²) in [6.45, 7) is 0. The molecule has 1 aliphatic carbocycles. The molecule has 1 aromatic carbocycles. The summed E-state index contributed by atoms with van der Waals surface area (Å²) in [5, 5.41) is 3.44. The van der Waals surface area contributed by atoms with Crippen LogP contribution in [-0.4, -0.2) is 33.0 Å². The van der Waals surface area contributed by atoms with Crippen LogP contribution in [0.3, 0.4) is 0 Å². The zero-order chi connectivity index (χ0) is 14.9. The number of nitrogens with one attached hydrogen (secondary N) is 1. The van der Waals surface area contributed by atoms with Gasteiger partial charge in [-0.1, -0.05) is 6.07 Å². The van der Waals surface area contributed by atoms with Gasteiger partial charge >= 0.3 is 0 Å². The Balaban J connectivity index is 1.87. The minimum atomic E-state index is -0.0535. The van der Waals surface area contributed by atoms with Crippen molar-refractivity contribution in [2.45, 2.75) is 49.9 Å². The van der Waals surface area contributed by atoms with Gasteiger partial charge in [0.15, 0.2) is 0 Å². The van der Waals surface area contributed by atoms with Crippen LogP contribution in [0, 0.1) is 0 Å². The Bertz CT molecular complexity index is 495. The molecule has 116 valence electrons. The van der Waals surface area contributed by atoms with Crippen LogP contribution in [-0.2, 0) is 4.74 Å². The fourth-order valence-electron chi connectivity index (χ4n) is 3.69. The largest absolute Gasteiger partial charge is 0.497 e. The molecule has 1 heterocycles. The van der Waals surface area contributed by atoms with E-state index in [1.165, 1.54) is 5.56 Å². The molecule has 0 radical (unpaired) electrons. The molecular weight excluding hydrogens is 266 g/mol. The monoisotopic (exact) mass is 291 g/mol. The number of hydrogen-bond donors (Lipinski definition) is 1. The van der Waals surface area contributed by atoms with E-state index in [-0.39, 0.29) is 5.60 Å². The molecule has 0 amide bonds. The highest BCUT2D eigenvalue weighted by molar-refractivity contribution is 5.44. The summed E-state index contributed by atoms with van der Waals surface area (Å²) in [5.41, 5.74) is 1.18. The van der Waals surface area contributed by atoms with Crippen LogP contribution >= 0.6 is 0 Å². The predicted molar refractivity (Wildman–Crippen MR) is 82.0 cm³/mol. The molecule has 1 atom stereocenters. The van der Waals surface area contributed by atoms with Crippen LogP contribution in [0.1, 0.15) is 43.7 Å². The fourth-order valence-corrected chi connectivity index (χ4v) is 3.69. The summed E-state index contributed by atoms with van der Waals surface area (Å²) in [6.07, 6.45) is 5.68. The molecule has 1 fully saturated rings. The molecule has 1 unspecified atom stereocenters. The smallest absolute Gasteiger partial charge is 0.128 e. The van der Waals surface area contributed by atoms with Gasteiger partial charge in [-0.2, -0.15) is 0 Å². The van der Waals surface area contributed by atoms with Gasteiger partial charge in [-0.25, -0.2) is 0 Å². The van der Waals surface area contributed by atoms with Crippen molar-refractivity contribution < 1.29 is 14.2 Å². The summed E-state index contributed by atoms with van der Waals surface area (Å²) in [6, 6.07) is 6.48. The van der Waals surface area contributed by atoms with Gasteiger partial charge in [0.2, 0.25) is 0 Å². The third-order valence-electron chi connectivity index (χ3n) is 5.02. The maximum Gasteiger partial charge on any atom is 0.128 e. The van der Waals surface area contributed by atoms with Crippen LogP contribution in [0.25, 0.3) is 0 Å². The highest BCUT2D eigenvalue weighted by atomic mass is 16.5. The standard InChI is InChI=1S/C17H25NO3/c1-18-15-11-17(8-6-12(19-2)7-9-17)21-16-10-13(20-3)4-5-14(15)16/h4-5,10,12,15,18H,6-9,11H2,1-3H3. The molecule has 1 N–H and O–H groups in total. The maximum atomic E-state index is 6.45. The Morgan fingerprint density at radius 3 is 2.62 bits per heavy atom. The second kappa shape index (κ2) is 5.85. The van der Waals surface area contributed by atoms with Gasteiger partial charge in [0.05, 0.1) is 13.2 Å². The highest BCUT2D eigenvalue weighted by Gasteiger charge is 2.43. The zero-order valence-electron chi connectivity index (χ0n) is 13.1. The second-order valence-electron chi connectivity index (χ2n) is 6.17. The Morgan fingerprint density at radius 2 is 2.00 bits per heavy atom. The molecule has 1 aromatic rings. The molecule has 4 heteroatoms. The molecule has 0 bridgehead atoms. The number of hydrogen-bond acceptors (Lipinski definition) is 4. The number of methoxy groups -OCH3 is 2. The lowest BCUT2D eigenvalue weighted by atomic mass is 9.76. The van der Waals surface area contributed by atoms with E-state index in [0.29, 0.717) is 12.1 Å². The van der Waals surface area contributed by atoms with E-state index in [1.54, 1.807) is 14.2 Å². The normalized spacial score (nSPS) is 31.6. The number of ether oxygens (including phenoxy) is 3. The van der Waals surface area contributed by atoms with Crippen LogP contribution in [0.15, 0.2) is 18.2 Å². The summed E-state index contributed by atoms with van der Waals surface area (Å²) in [4.78, 5) is 0. The third-order valence-corrected chi connectivity index (χ3v) is 5.02. The minimum absolute atomic E-state index is 0.0535. The van der Waals surface area contributed by atoms with Gasteiger partial charge in [0, 0.05) is 31.2 Å². The molecule has 3 rings (SSSR count). The van der Waals surface area contributed by atoms with Gasteiger partial charge in [0.1, 0.15) is 17.1 Å². The Labute approximate surface area is 126 Å². The van der Waals surface area contributed by atoms with Crippen molar-refractivity contribution in [2.75, 3.05) is 21.3 Å². The number of benzene rings is 1. The van der Waals surface area contributed by atoms with Crippen molar-refractivity contribution in [3.05, 3.63) is 23.8 Å². The molecule has 21 heavy (non-hydrogen) atoms. The van der Waals surface area contributed by atoms with Gasteiger partial charge < -0.3 is 19.5 Å². The van der Waals surface area contributed by atoms with E-state index >= 15 is 0 Å². The SMILES string of the molecule is CNC1CC2(CCC(OC)CC2)Oc2cc(OC)ccc21. The van der Waals surface area contributed by atoms with E-state index in [1.807, 2.05) is 19.2 Å². The van der Waals surface area contributed by atoms with Crippen LogP contribution < -0.4 is 14.8 Å². The molecule has 4 nitrogen and oxygen atoms in total. The second-order valence-corrected chi connectivity index (χ2v) is 6.17. The molecule has 0 aromatic heterocycles. The van der Waals surface area contributed by atoms with Gasteiger partial charge in [-0.15, -0.1) is 0 Å². The van der Waals surface area contributed by atoms with E-state index in [0.717, 1.165) is 43.6 Å². The predicted octanol–water partition coefficient (Wildman–Crippen LogP) is 3.07. The van der Waals surface area contributed by atoms with Crippen LogP contribution in [0.2, 0.25) is 0 Å². The lowest BCUT2D eigenvalue weighted by Gasteiger charge is -2.45. The quantitative estimate of drug-likeness (QED) is 0.929. The minimum Gasteiger partial charge on any atom is -0.497 e. The van der Waals surface area contributed by atoms with Gasteiger partial charge in [0.25, 0.3) is 0 Å². The zero-order valence-corrected chi connectivity index (χ0v) is 13.1. The van der Waals surface area contributed by atoms with Crippen molar-refractivity contribution in [2.24, 2.45) is 0 Å². The molecule has 2 aliphatic rings. The molecule has 1 spiro atoms. The maximum absolute atomic E-state index is 6.45. The topological polar surface area (TPSA) is 39.7 Å². The first kappa shape index (κ1) is 14.7. The summed E-state index contributed by atoms with van der Waals surface area (Å²) < 4.78 is 17.3. The average molecular weight is 291 g/mol. The highest BCUT2D eigenvalue weighted by Crippen LogP contribution is 2.47. The van der Waals surface area contributed by atoms with Crippen LogP contribution in [0.5, 0.6) is 11.5 Å². The van der Waals surface area contributed by atoms with Crippen molar-refractivity contribution in [3.63, 3.8) is 0 Å². The summed E-state index contributed by atoms with van der Waals surface area (Å²) in [5.74, 6) is 1.82. The van der Waals surface area contributed by atoms with Crippen molar-refractivity contribution in [3.8, 4) is 11.5 Å². The summed E-state index contributed by atoms with van der Waals surface area (Å²) in [7, 11) is 5.53. The van der Waals surface area contributed by atoms with Gasteiger partial charge in [-0.05, 0) is 38.8 Å². The average Bonchev–Trinajstić information content (AvgIpc) is 2.54. The van der Waals surface area contributed by atoms with E-state index in [4.69, 9.17) is 14.2 Å². The molecule has 1 saturated carbocycles. The lowest BCUT2D eigenvalue weighted by molar-refractivity contribution is -0.0450. The first-order valence-corrected chi connectivity index (χ1v) is 7.77. The van der Waals surface area contributed by atoms with Crippen LogP contribution in [0.4, 0.5) is 0 Å². The Morgan fingerprint density at radius 1 is 1.24 bits per heavy atom. The van der Waals surface area contributed by atoms with E-state index < -0.39 is 0 Å². The van der Waals surface area contributed by atoms with Crippen molar-refractivity contribution in [1.82, 2.24) is 5.32 Å². The summed E-state index contributed by atoms with van der Waals surface area (Å²) >= 11 is 0. The number of fused-ring (bicyclic) bond motifs is 1. The van der Waals surface area contributed by atoms with E-state index in [9.17, 15) is 0 Å². The molecule has 1 aliphatic heterocycles. The van der Waals surface area contributed by atoms with Gasteiger partial charge in [-0.3, -0.25) is 0 Å².